The summed E-state index contributed by atoms with van der Waals surface area (Å²) in [5.41, 5.74) is 0.471. The summed E-state index contributed by atoms with van der Waals surface area (Å²) >= 11 is 0. The third-order valence-corrected chi connectivity index (χ3v) is 4.18. The minimum absolute atomic E-state index is 0.395. The van der Waals surface area contributed by atoms with Crippen molar-refractivity contribution in [1.29, 1.82) is 0 Å². The van der Waals surface area contributed by atoms with Crippen molar-refractivity contribution in [3.8, 4) is 0 Å². The summed E-state index contributed by atoms with van der Waals surface area (Å²) in [7, 11) is 0. The Morgan fingerprint density at radius 3 is 2.18 bits per heavy atom. The lowest BCUT2D eigenvalue weighted by Crippen LogP contribution is -2.45. The van der Waals surface area contributed by atoms with Gasteiger partial charge in [-0.25, -0.2) is 4.79 Å². The average molecular weight is 306 g/mol. The van der Waals surface area contributed by atoms with Gasteiger partial charge in [0.25, 0.3) is 0 Å². The first-order chi connectivity index (χ1) is 10.2. The van der Waals surface area contributed by atoms with Gasteiger partial charge >= 0.3 is 11.9 Å². The summed E-state index contributed by atoms with van der Waals surface area (Å²) in [6.45, 7) is 9.50. The lowest BCUT2D eigenvalue weighted by molar-refractivity contribution is -0.363. The quantitative estimate of drug-likeness (QED) is 0.747. The van der Waals surface area contributed by atoms with Gasteiger partial charge in [0.2, 0.25) is 5.79 Å². The molecule has 0 aromatic heterocycles. The molecule has 2 aliphatic heterocycles. The summed E-state index contributed by atoms with van der Waals surface area (Å²) in [6.07, 6.45) is -1.21. The van der Waals surface area contributed by atoms with E-state index in [0.717, 1.165) is 5.56 Å². The molecular weight excluding hydrogens is 284 g/mol. The van der Waals surface area contributed by atoms with Crippen LogP contribution in [-0.2, 0) is 29.5 Å². The molecule has 2 aliphatic rings. The molecule has 4 atom stereocenters. The van der Waals surface area contributed by atoms with E-state index in [1.165, 1.54) is 0 Å². The Hall–Kier alpha value is -1.43. The molecule has 120 valence electrons. The van der Waals surface area contributed by atoms with E-state index < -0.39 is 35.4 Å². The van der Waals surface area contributed by atoms with Gasteiger partial charge in [-0.05, 0) is 13.8 Å². The number of hydrogen-bond acceptors (Lipinski definition) is 5. The zero-order valence-corrected chi connectivity index (χ0v) is 13.6. The second kappa shape index (κ2) is 4.78. The predicted molar refractivity (Wildman–Crippen MR) is 78.6 cm³/mol. The van der Waals surface area contributed by atoms with Crippen LogP contribution >= 0.6 is 0 Å². The first kappa shape index (κ1) is 15.5. The maximum atomic E-state index is 11.8. The number of carbonyl (C=O) groups excluding carboxylic acids is 1. The Kier molecular flexibility index (Phi) is 3.36. The Bertz CT molecular complexity index is 578. The van der Waals surface area contributed by atoms with Gasteiger partial charge in [0.15, 0.2) is 12.2 Å². The van der Waals surface area contributed by atoms with Crippen molar-refractivity contribution in [3.05, 3.63) is 35.9 Å². The number of benzene rings is 1. The van der Waals surface area contributed by atoms with E-state index in [-0.39, 0.29) is 0 Å². The van der Waals surface area contributed by atoms with Crippen LogP contribution in [-0.4, -0.2) is 24.2 Å². The molecular formula is C17H22O5. The Labute approximate surface area is 130 Å². The van der Waals surface area contributed by atoms with E-state index in [2.05, 4.69) is 0 Å². The first-order valence-corrected chi connectivity index (χ1v) is 7.54. The highest BCUT2D eigenvalue weighted by Gasteiger charge is 2.67. The Balaban J connectivity index is 2.06. The molecule has 0 bridgehead atoms. The highest BCUT2D eigenvalue weighted by Crippen LogP contribution is 2.55. The van der Waals surface area contributed by atoms with Gasteiger partial charge in [-0.15, -0.1) is 0 Å². The van der Waals surface area contributed by atoms with E-state index in [4.69, 9.17) is 18.9 Å². The molecule has 1 aromatic rings. The number of rotatable bonds is 1. The molecule has 2 saturated heterocycles. The zero-order valence-electron chi connectivity index (χ0n) is 13.6. The minimum Gasteiger partial charge on any atom is -0.403 e. The zero-order chi connectivity index (χ0) is 16.2. The van der Waals surface area contributed by atoms with E-state index in [0.29, 0.717) is 0 Å². The lowest BCUT2D eigenvalue weighted by atomic mass is 9.81. The summed E-state index contributed by atoms with van der Waals surface area (Å²) in [5, 5.41) is 0. The van der Waals surface area contributed by atoms with Crippen LogP contribution in [0, 0.1) is 5.41 Å². The number of ether oxygens (including phenoxy) is 4. The third kappa shape index (κ3) is 2.07. The van der Waals surface area contributed by atoms with Crippen molar-refractivity contribution >= 4 is 5.97 Å². The van der Waals surface area contributed by atoms with Crippen molar-refractivity contribution < 1.29 is 23.7 Å². The standard InChI is InChI=1S/C17H22O5/c1-11-14(18)21-17(19-11)12(2)20-16(22-17,15(3,4)5)13-9-7-6-8-10-13/h6-12H,1-5H3/t11-,12-,16?,17?/m0/s1. The summed E-state index contributed by atoms with van der Waals surface area (Å²) < 4.78 is 23.5. The van der Waals surface area contributed by atoms with Crippen molar-refractivity contribution in [2.75, 3.05) is 0 Å². The van der Waals surface area contributed by atoms with E-state index in [1.54, 1.807) is 13.8 Å². The molecule has 5 nitrogen and oxygen atoms in total. The fraction of sp³-hybridized carbons (Fsp3) is 0.588. The Morgan fingerprint density at radius 2 is 1.68 bits per heavy atom. The molecule has 5 heteroatoms. The van der Waals surface area contributed by atoms with Gasteiger partial charge in [-0.3, -0.25) is 4.74 Å². The summed E-state index contributed by atoms with van der Waals surface area (Å²) in [6, 6.07) is 9.67. The van der Waals surface area contributed by atoms with Crippen molar-refractivity contribution in [1.82, 2.24) is 0 Å². The first-order valence-electron chi connectivity index (χ1n) is 7.54. The molecule has 2 fully saturated rings. The molecule has 2 unspecified atom stereocenters. The van der Waals surface area contributed by atoms with Crippen LogP contribution in [0.3, 0.4) is 0 Å². The van der Waals surface area contributed by atoms with Gasteiger partial charge in [-0.1, -0.05) is 51.1 Å². The molecule has 3 rings (SSSR count). The van der Waals surface area contributed by atoms with Crippen molar-refractivity contribution in [2.24, 2.45) is 5.41 Å². The van der Waals surface area contributed by atoms with Gasteiger partial charge < -0.3 is 14.2 Å². The molecule has 1 aromatic carbocycles. The fourth-order valence-corrected chi connectivity index (χ4v) is 2.94. The summed E-state index contributed by atoms with van der Waals surface area (Å²) in [4.78, 5) is 11.8. The van der Waals surface area contributed by atoms with Crippen molar-refractivity contribution in [3.63, 3.8) is 0 Å². The van der Waals surface area contributed by atoms with Crippen LogP contribution in [0.4, 0.5) is 0 Å². The minimum atomic E-state index is -1.49. The second-order valence-corrected chi connectivity index (χ2v) is 6.88. The van der Waals surface area contributed by atoms with E-state index in [1.807, 2.05) is 51.1 Å². The number of carbonyl (C=O) groups is 1. The van der Waals surface area contributed by atoms with Gasteiger partial charge in [-0.2, -0.15) is 0 Å². The lowest BCUT2D eigenvalue weighted by Gasteiger charge is -2.40. The molecule has 0 radical (unpaired) electrons. The predicted octanol–water partition coefficient (Wildman–Crippen LogP) is 2.94. The average Bonchev–Trinajstić information content (AvgIpc) is 2.89. The smallest absolute Gasteiger partial charge is 0.360 e. The monoisotopic (exact) mass is 306 g/mol. The third-order valence-electron chi connectivity index (χ3n) is 4.18. The molecule has 0 aliphatic carbocycles. The molecule has 2 heterocycles. The maximum absolute atomic E-state index is 11.8. The van der Waals surface area contributed by atoms with Crippen molar-refractivity contribution in [2.45, 2.75) is 58.6 Å². The van der Waals surface area contributed by atoms with Crippen LogP contribution in [0.25, 0.3) is 0 Å². The van der Waals surface area contributed by atoms with Gasteiger partial charge in [0.1, 0.15) is 0 Å². The summed E-state index contributed by atoms with van der Waals surface area (Å²) in [5.74, 6) is -2.98. The fourth-order valence-electron chi connectivity index (χ4n) is 2.94. The largest absolute Gasteiger partial charge is 0.403 e. The van der Waals surface area contributed by atoms with Gasteiger partial charge in [0.05, 0.1) is 0 Å². The number of esters is 1. The molecule has 0 N–H and O–H groups in total. The highest BCUT2D eigenvalue weighted by molar-refractivity contribution is 5.76. The van der Waals surface area contributed by atoms with E-state index in [9.17, 15) is 4.79 Å². The highest BCUT2D eigenvalue weighted by atomic mass is 17.0. The van der Waals surface area contributed by atoms with Crippen LogP contribution < -0.4 is 0 Å². The normalized spacial score (nSPS) is 38.5. The molecule has 0 saturated carbocycles. The molecule has 1 spiro atoms. The van der Waals surface area contributed by atoms with Crippen LogP contribution in [0.2, 0.25) is 0 Å². The van der Waals surface area contributed by atoms with Crippen LogP contribution in [0.1, 0.15) is 40.2 Å². The van der Waals surface area contributed by atoms with E-state index >= 15 is 0 Å². The van der Waals surface area contributed by atoms with Crippen LogP contribution in [0.15, 0.2) is 30.3 Å². The maximum Gasteiger partial charge on any atom is 0.360 e. The molecule has 22 heavy (non-hydrogen) atoms. The topological polar surface area (TPSA) is 54.0 Å². The number of hydrogen-bond donors (Lipinski definition) is 0. The van der Waals surface area contributed by atoms with Gasteiger partial charge in [0, 0.05) is 11.0 Å². The Morgan fingerprint density at radius 1 is 1.05 bits per heavy atom. The molecule has 0 amide bonds. The van der Waals surface area contributed by atoms with Crippen LogP contribution in [0.5, 0.6) is 0 Å². The SMILES string of the molecule is C[C@@H]1OC2(OC1=O)OC(c1ccccc1)(C(C)(C)C)O[C@H]2C. The second-order valence-electron chi connectivity index (χ2n) is 6.88.